The number of aryl methyl sites for hydroxylation is 1. The van der Waals surface area contributed by atoms with Crippen molar-refractivity contribution in [1.82, 2.24) is 0 Å². The van der Waals surface area contributed by atoms with E-state index in [4.69, 9.17) is 0 Å². The van der Waals surface area contributed by atoms with Gasteiger partial charge in [-0.1, -0.05) is 75.0 Å². The van der Waals surface area contributed by atoms with Gasteiger partial charge in [0.15, 0.2) is 0 Å². The molecule has 0 atom stereocenters. The molecular weight excluding hydrogens is 466 g/mol. The van der Waals surface area contributed by atoms with Crippen molar-refractivity contribution >= 4 is 14.7 Å². The van der Waals surface area contributed by atoms with Crippen LogP contribution in [-0.2, 0) is 26.2 Å². The Hall–Kier alpha value is -0.140. The molecule has 0 spiro atoms. The van der Waals surface area contributed by atoms with Crippen LogP contribution in [0.2, 0.25) is 0 Å². The Morgan fingerprint density at radius 1 is 0.926 bits per heavy atom. The quantitative estimate of drug-likeness (QED) is 0.366. The second kappa shape index (κ2) is 15.7. The third-order valence-corrected chi connectivity index (χ3v) is 6.47. The van der Waals surface area contributed by atoms with Crippen LogP contribution < -0.4 is 30.0 Å². The predicted molar refractivity (Wildman–Crippen MR) is 109 cm³/mol. The van der Waals surface area contributed by atoms with Gasteiger partial charge in [0, 0.05) is 9.52 Å². The molecule has 27 heavy (non-hydrogen) atoms. The molecule has 0 unspecified atom stereocenters. The first-order chi connectivity index (χ1) is 11.7. The van der Waals surface area contributed by atoms with E-state index in [0.29, 0.717) is 0 Å². The molecule has 0 amide bonds. The summed E-state index contributed by atoms with van der Waals surface area (Å²) in [5.74, 6) is 0. The summed E-state index contributed by atoms with van der Waals surface area (Å²) in [6, 6.07) is 8.90. The maximum atomic E-state index is 3.45. The molecule has 0 radical (unpaired) electrons. The van der Waals surface area contributed by atoms with Gasteiger partial charge in [0.1, 0.15) is 0 Å². The smallest absolute Gasteiger partial charge is 1.00 e. The third-order valence-electron chi connectivity index (χ3n) is 4.72. The van der Waals surface area contributed by atoms with Gasteiger partial charge in [0.05, 0.1) is 0 Å². The third kappa shape index (κ3) is 9.27. The molecule has 0 heterocycles. The number of allylic oxidation sites excluding steroid dienone is 8. The number of rotatable bonds is 5. The summed E-state index contributed by atoms with van der Waals surface area (Å²) in [4.78, 5) is 0. The standard InChI is InChI=1S/C12H13Si.C11H17.2ClH.Zr/c1-10-6-8-12(9-7-10)13-11-4-2-3-5-11;1-4-9-7-8-10(5-2)11(9)6-3;;;/h2,4,6-9H,3,13H2,1H3;4-7H2,1-3H3;2*1H;/q2*-1;;;+4/p-2. The second-order valence-corrected chi connectivity index (χ2v) is 8.38. The maximum absolute atomic E-state index is 3.45. The fourth-order valence-corrected chi connectivity index (χ4v) is 4.74. The van der Waals surface area contributed by atoms with Crippen LogP contribution in [0.4, 0.5) is 0 Å². The number of halogens is 2. The van der Waals surface area contributed by atoms with Crippen molar-refractivity contribution in [2.45, 2.75) is 59.8 Å². The monoisotopic (exact) mass is 494 g/mol. The minimum Gasteiger partial charge on any atom is -1.00 e. The van der Waals surface area contributed by atoms with Crippen molar-refractivity contribution in [3.05, 3.63) is 76.0 Å². The van der Waals surface area contributed by atoms with Gasteiger partial charge >= 0.3 is 26.2 Å². The van der Waals surface area contributed by atoms with Crippen molar-refractivity contribution < 1.29 is 51.0 Å². The van der Waals surface area contributed by atoms with Crippen LogP contribution in [0.25, 0.3) is 0 Å². The van der Waals surface area contributed by atoms with E-state index < -0.39 is 0 Å². The van der Waals surface area contributed by atoms with Crippen LogP contribution in [0.15, 0.2) is 58.3 Å². The van der Waals surface area contributed by atoms with Crippen molar-refractivity contribution in [3.8, 4) is 0 Å². The van der Waals surface area contributed by atoms with Crippen LogP contribution in [0.1, 0.15) is 58.4 Å². The van der Waals surface area contributed by atoms with E-state index >= 15 is 0 Å². The van der Waals surface area contributed by atoms with Crippen LogP contribution in [0.5, 0.6) is 0 Å². The van der Waals surface area contributed by atoms with Crippen molar-refractivity contribution in [2.24, 2.45) is 0 Å². The Bertz CT molecular complexity index is 670. The van der Waals surface area contributed by atoms with Gasteiger partial charge in [-0.05, 0) is 6.92 Å². The Kier molecular flexibility index (Phi) is 16.9. The van der Waals surface area contributed by atoms with Gasteiger partial charge in [0.25, 0.3) is 0 Å². The minimum absolute atomic E-state index is 0. The van der Waals surface area contributed by atoms with E-state index in [-0.39, 0.29) is 60.5 Å². The molecule has 0 nitrogen and oxygen atoms in total. The normalized spacial score (nSPS) is 14.7. The zero-order valence-corrected chi connectivity index (χ0v) is 22.3. The van der Waals surface area contributed by atoms with Gasteiger partial charge in [-0.15, -0.1) is 12.8 Å². The fourth-order valence-electron chi connectivity index (χ4n) is 3.28. The van der Waals surface area contributed by atoms with E-state index in [1.54, 1.807) is 11.1 Å². The summed E-state index contributed by atoms with van der Waals surface area (Å²) < 4.78 is 0. The van der Waals surface area contributed by atoms with Crippen LogP contribution in [-0.4, -0.2) is 9.52 Å². The molecule has 0 fully saturated rings. The minimum atomic E-state index is -0.232. The molecule has 0 aliphatic heterocycles. The molecule has 4 heteroatoms. The summed E-state index contributed by atoms with van der Waals surface area (Å²) in [5, 5.41) is 2.98. The van der Waals surface area contributed by atoms with E-state index in [1.165, 1.54) is 34.4 Å². The van der Waals surface area contributed by atoms with Crippen LogP contribution in [0.3, 0.4) is 0 Å². The van der Waals surface area contributed by atoms with Crippen molar-refractivity contribution in [1.29, 1.82) is 0 Å². The largest absolute Gasteiger partial charge is 4.00 e. The van der Waals surface area contributed by atoms with Gasteiger partial charge in [-0.3, -0.25) is 12.2 Å². The van der Waals surface area contributed by atoms with E-state index in [9.17, 15) is 0 Å². The number of hydrogen-bond donors (Lipinski definition) is 0. The van der Waals surface area contributed by atoms with E-state index in [2.05, 4.69) is 76.3 Å². The zero-order valence-electron chi connectivity index (χ0n) is 17.0. The number of benzene rings is 1. The van der Waals surface area contributed by atoms with Gasteiger partial charge < -0.3 is 24.8 Å². The Morgan fingerprint density at radius 2 is 1.59 bits per heavy atom. The molecule has 144 valence electrons. The van der Waals surface area contributed by atoms with Gasteiger partial charge in [-0.25, -0.2) is 16.8 Å². The SMILES string of the molecule is CCC1=[C-]CC(CC)=C1CC.Cc1ccc([SiH2]C2=[C-]CC=C2)cc1.[Cl-].[Cl-].[Zr+4]. The molecule has 0 bridgehead atoms. The molecule has 2 aliphatic rings. The maximum Gasteiger partial charge on any atom is 4.00 e. The molecule has 0 saturated heterocycles. The summed E-state index contributed by atoms with van der Waals surface area (Å²) in [6.45, 7) is 8.84. The van der Waals surface area contributed by atoms with E-state index in [0.717, 1.165) is 19.3 Å². The first kappa shape index (κ1) is 29.1. The summed E-state index contributed by atoms with van der Waals surface area (Å²) >= 11 is 0. The average molecular weight is 497 g/mol. The molecule has 2 aliphatic carbocycles. The van der Waals surface area contributed by atoms with Crippen LogP contribution >= 0.6 is 0 Å². The zero-order chi connectivity index (χ0) is 17.4. The second-order valence-electron chi connectivity index (χ2n) is 6.45. The first-order valence-electron chi connectivity index (χ1n) is 9.30. The fraction of sp³-hybridized carbons (Fsp3) is 0.391. The Labute approximate surface area is 200 Å². The van der Waals surface area contributed by atoms with E-state index in [1.807, 2.05) is 0 Å². The Balaban J connectivity index is 0. The van der Waals surface area contributed by atoms with Gasteiger partial charge in [0.2, 0.25) is 0 Å². The van der Waals surface area contributed by atoms with Gasteiger partial charge in [-0.2, -0.15) is 17.2 Å². The molecular formula is C23H30Cl2SiZr. The topological polar surface area (TPSA) is 0 Å². The average Bonchev–Trinajstić information content (AvgIpc) is 3.26. The molecule has 0 saturated carbocycles. The molecule has 1 aromatic rings. The Morgan fingerprint density at radius 3 is 2.07 bits per heavy atom. The molecule has 0 aromatic heterocycles. The molecule has 3 rings (SSSR count). The summed E-state index contributed by atoms with van der Waals surface area (Å²) in [5.41, 5.74) is 6.03. The van der Waals surface area contributed by atoms with Crippen molar-refractivity contribution in [2.75, 3.05) is 0 Å². The van der Waals surface area contributed by atoms with Crippen molar-refractivity contribution in [3.63, 3.8) is 0 Å². The van der Waals surface area contributed by atoms with Crippen LogP contribution in [0, 0.1) is 19.1 Å². The summed E-state index contributed by atoms with van der Waals surface area (Å²) in [6.07, 6.45) is 16.9. The molecule has 0 N–H and O–H groups in total. The molecule has 1 aromatic carbocycles. The first-order valence-corrected chi connectivity index (χ1v) is 10.7. The predicted octanol–water partition coefficient (Wildman–Crippen LogP) is -0.912. The summed E-state index contributed by atoms with van der Waals surface area (Å²) in [7, 11) is -0.232. The number of hydrogen-bond acceptors (Lipinski definition) is 0.